The molecule has 1 aromatic rings. The fourth-order valence-corrected chi connectivity index (χ4v) is 2.52. The summed E-state index contributed by atoms with van der Waals surface area (Å²) in [7, 11) is 0. The van der Waals surface area contributed by atoms with Gasteiger partial charge in [0.15, 0.2) is 0 Å². The molecule has 0 bridgehead atoms. The van der Waals surface area contributed by atoms with Gasteiger partial charge in [0.1, 0.15) is 5.75 Å². The van der Waals surface area contributed by atoms with Gasteiger partial charge in [-0.3, -0.25) is 0 Å². The van der Waals surface area contributed by atoms with E-state index in [0.29, 0.717) is 19.1 Å². The molecule has 1 heterocycles. The summed E-state index contributed by atoms with van der Waals surface area (Å²) in [6, 6.07) is 5.79. The predicted octanol–water partition coefficient (Wildman–Crippen LogP) is 3.08. The van der Waals surface area contributed by atoms with Gasteiger partial charge in [-0.25, -0.2) is 0 Å². The topological polar surface area (TPSA) is 47.9 Å². The lowest BCUT2D eigenvalue weighted by molar-refractivity contribution is 0.0152. The molecule has 21 heavy (non-hydrogen) atoms. The van der Waals surface area contributed by atoms with Gasteiger partial charge in [-0.2, -0.15) is 0 Å². The van der Waals surface area contributed by atoms with Gasteiger partial charge in [0.05, 0.1) is 25.9 Å². The maximum atomic E-state index is 9.70. The predicted molar refractivity (Wildman–Crippen MR) is 81.4 cm³/mol. The molecule has 1 aliphatic rings. The molecule has 0 radical (unpaired) electrons. The molecule has 1 fully saturated rings. The Bertz CT molecular complexity index is 425. The number of aliphatic hydroxyl groups is 1. The summed E-state index contributed by atoms with van der Waals surface area (Å²) in [5.41, 5.74) is 1.89. The minimum absolute atomic E-state index is 0.477. The second-order valence-electron chi connectivity index (χ2n) is 5.55. The molecular weight excluding hydrogens is 268 g/mol. The van der Waals surface area contributed by atoms with Crippen molar-refractivity contribution in [3.8, 4) is 5.75 Å². The van der Waals surface area contributed by atoms with Crippen LogP contribution in [-0.2, 0) is 16.1 Å². The Labute approximate surface area is 127 Å². The molecule has 0 amide bonds. The number of hydrogen-bond acceptors (Lipinski definition) is 4. The van der Waals surface area contributed by atoms with E-state index in [2.05, 4.69) is 0 Å². The van der Waals surface area contributed by atoms with E-state index < -0.39 is 6.10 Å². The Morgan fingerprint density at radius 2 is 2.10 bits per heavy atom. The normalized spacial score (nSPS) is 17.7. The van der Waals surface area contributed by atoms with Crippen molar-refractivity contribution in [3.05, 3.63) is 29.3 Å². The average Bonchev–Trinajstić information content (AvgIpc) is 2.50. The number of hydrogen-bond donors (Lipinski definition) is 1. The van der Waals surface area contributed by atoms with Crippen LogP contribution < -0.4 is 4.74 Å². The molecule has 118 valence electrons. The van der Waals surface area contributed by atoms with Crippen LogP contribution >= 0.6 is 0 Å². The van der Waals surface area contributed by atoms with Gasteiger partial charge in [-0.1, -0.05) is 6.07 Å². The van der Waals surface area contributed by atoms with E-state index in [1.54, 1.807) is 6.92 Å². The van der Waals surface area contributed by atoms with Crippen molar-refractivity contribution in [1.29, 1.82) is 0 Å². The molecule has 2 rings (SSSR count). The zero-order valence-corrected chi connectivity index (χ0v) is 13.0. The van der Waals surface area contributed by atoms with Gasteiger partial charge in [-0.05, 0) is 50.3 Å². The molecule has 4 nitrogen and oxygen atoms in total. The van der Waals surface area contributed by atoms with E-state index in [0.717, 1.165) is 49.5 Å². The summed E-state index contributed by atoms with van der Waals surface area (Å²) in [5.74, 6) is 1.43. The molecule has 1 atom stereocenters. The Hall–Kier alpha value is -1.10. The third-order valence-corrected chi connectivity index (χ3v) is 3.82. The Morgan fingerprint density at radius 1 is 1.33 bits per heavy atom. The Morgan fingerprint density at radius 3 is 2.76 bits per heavy atom. The minimum Gasteiger partial charge on any atom is -0.494 e. The number of aliphatic hydroxyl groups excluding tert-OH is 1. The second-order valence-corrected chi connectivity index (χ2v) is 5.55. The molecule has 1 N–H and O–H groups in total. The quantitative estimate of drug-likeness (QED) is 0.839. The number of ether oxygens (including phenoxy) is 3. The van der Waals surface area contributed by atoms with E-state index in [-0.39, 0.29) is 0 Å². The highest BCUT2D eigenvalue weighted by Gasteiger charge is 2.14. The first-order valence-corrected chi connectivity index (χ1v) is 7.80. The SMILES string of the molecule is CCOc1ccc(C(C)O)cc1COCC1CCOCC1. The van der Waals surface area contributed by atoms with Crippen LogP contribution in [0, 0.1) is 5.92 Å². The molecule has 4 heteroatoms. The standard InChI is InChI=1S/C17H26O4/c1-3-21-17-5-4-15(13(2)18)10-16(17)12-20-11-14-6-8-19-9-7-14/h4-5,10,13-14,18H,3,6-9,11-12H2,1-2H3. The first-order valence-electron chi connectivity index (χ1n) is 7.80. The lowest BCUT2D eigenvalue weighted by atomic mass is 10.0. The van der Waals surface area contributed by atoms with Crippen LogP contribution in [0.5, 0.6) is 5.75 Å². The third kappa shape index (κ3) is 4.99. The van der Waals surface area contributed by atoms with Crippen LogP contribution in [0.15, 0.2) is 18.2 Å². The summed E-state index contributed by atoms with van der Waals surface area (Å²) >= 11 is 0. The van der Waals surface area contributed by atoms with Crippen molar-refractivity contribution < 1.29 is 19.3 Å². The monoisotopic (exact) mass is 294 g/mol. The van der Waals surface area contributed by atoms with Gasteiger partial charge in [-0.15, -0.1) is 0 Å². The van der Waals surface area contributed by atoms with Crippen molar-refractivity contribution in [2.24, 2.45) is 5.92 Å². The van der Waals surface area contributed by atoms with Crippen LogP contribution in [-0.4, -0.2) is 31.5 Å². The Balaban J connectivity index is 1.93. The first-order chi connectivity index (χ1) is 10.2. The fourth-order valence-electron chi connectivity index (χ4n) is 2.52. The zero-order valence-electron chi connectivity index (χ0n) is 13.0. The first kappa shape index (κ1) is 16.3. The van der Waals surface area contributed by atoms with E-state index in [1.165, 1.54) is 0 Å². The van der Waals surface area contributed by atoms with Crippen LogP contribution in [0.1, 0.15) is 43.9 Å². The van der Waals surface area contributed by atoms with Gasteiger partial charge < -0.3 is 19.3 Å². The van der Waals surface area contributed by atoms with Crippen LogP contribution in [0.3, 0.4) is 0 Å². The minimum atomic E-state index is -0.477. The average molecular weight is 294 g/mol. The largest absolute Gasteiger partial charge is 0.494 e. The second kappa shape index (κ2) is 8.37. The molecule has 1 unspecified atom stereocenters. The van der Waals surface area contributed by atoms with Crippen molar-refractivity contribution in [3.63, 3.8) is 0 Å². The third-order valence-electron chi connectivity index (χ3n) is 3.82. The van der Waals surface area contributed by atoms with E-state index in [4.69, 9.17) is 14.2 Å². The van der Waals surface area contributed by atoms with Crippen LogP contribution in [0.2, 0.25) is 0 Å². The maximum absolute atomic E-state index is 9.70. The summed E-state index contributed by atoms with van der Waals surface area (Å²) in [4.78, 5) is 0. The molecule has 0 spiro atoms. The Kier molecular flexibility index (Phi) is 6.49. The van der Waals surface area contributed by atoms with Crippen molar-refractivity contribution in [2.45, 2.75) is 39.4 Å². The highest BCUT2D eigenvalue weighted by molar-refractivity contribution is 5.37. The molecule has 0 aliphatic carbocycles. The van der Waals surface area contributed by atoms with Crippen molar-refractivity contribution in [2.75, 3.05) is 26.4 Å². The summed E-state index contributed by atoms with van der Waals surface area (Å²) < 4.78 is 16.9. The molecule has 1 aromatic carbocycles. The van der Waals surface area contributed by atoms with E-state index >= 15 is 0 Å². The summed E-state index contributed by atoms with van der Waals surface area (Å²) in [6.45, 7) is 7.32. The number of benzene rings is 1. The van der Waals surface area contributed by atoms with E-state index in [1.807, 2.05) is 25.1 Å². The van der Waals surface area contributed by atoms with Crippen LogP contribution in [0.25, 0.3) is 0 Å². The maximum Gasteiger partial charge on any atom is 0.124 e. The molecular formula is C17H26O4. The molecule has 1 aliphatic heterocycles. The summed E-state index contributed by atoms with van der Waals surface area (Å²) in [5, 5.41) is 9.70. The van der Waals surface area contributed by atoms with Crippen LogP contribution in [0.4, 0.5) is 0 Å². The van der Waals surface area contributed by atoms with Crippen molar-refractivity contribution >= 4 is 0 Å². The highest BCUT2D eigenvalue weighted by Crippen LogP contribution is 2.25. The molecule has 0 saturated carbocycles. The summed E-state index contributed by atoms with van der Waals surface area (Å²) in [6.07, 6.45) is 1.67. The molecule has 0 aromatic heterocycles. The van der Waals surface area contributed by atoms with Gasteiger partial charge in [0, 0.05) is 18.8 Å². The van der Waals surface area contributed by atoms with Gasteiger partial charge in [0.2, 0.25) is 0 Å². The zero-order chi connectivity index (χ0) is 15.1. The highest BCUT2D eigenvalue weighted by atomic mass is 16.5. The molecule has 1 saturated heterocycles. The lowest BCUT2D eigenvalue weighted by Crippen LogP contribution is -2.20. The van der Waals surface area contributed by atoms with Crippen molar-refractivity contribution in [1.82, 2.24) is 0 Å². The number of rotatable bonds is 7. The lowest BCUT2D eigenvalue weighted by Gasteiger charge is -2.22. The fraction of sp³-hybridized carbons (Fsp3) is 0.647. The van der Waals surface area contributed by atoms with Gasteiger partial charge >= 0.3 is 0 Å². The smallest absolute Gasteiger partial charge is 0.124 e. The van der Waals surface area contributed by atoms with Gasteiger partial charge in [0.25, 0.3) is 0 Å². The van der Waals surface area contributed by atoms with E-state index in [9.17, 15) is 5.11 Å².